The molecule has 53 heavy (non-hydrogen) atoms. The van der Waals surface area contributed by atoms with Crippen LogP contribution in [-0.2, 0) is 5.41 Å². The predicted octanol–water partition coefficient (Wildman–Crippen LogP) is 9.87. The first-order valence-electron chi connectivity index (χ1n) is 18.3. The maximum Gasteiger partial charge on any atom is 0.260 e. The van der Waals surface area contributed by atoms with Crippen LogP contribution in [0.5, 0.6) is 23.0 Å². The van der Waals surface area contributed by atoms with Crippen molar-refractivity contribution < 1.29 is 9.47 Å². The molecule has 12 rings (SSSR count). The van der Waals surface area contributed by atoms with Crippen molar-refractivity contribution in [1.29, 1.82) is 0 Å². The Hall–Kier alpha value is -6.78. The van der Waals surface area contributed by atoms with E-state index in [0.717, 1.165) is 50.6 Å². The van der Waals surface area contributed by atoms with E-state index >= 15 is 0 Å². The van der Waals surface area contributed by atoms with Crippen molar-refractivity contribution >= 4 is 44.9 Å². The molecule has 2 aliphatic heterocycles. The van der Waals surface area contributed by atoms with Crippen LogP contribution in [0.15, 0.2) is 182 Å². The van der Waals surface area contributed by atoms with E-state index in [1.54, 1.807) is 0 Å². The van der Waals surface area contributed by atoms with Crippen molar-refractivity contribution in [1.82, 2.24) is 4.57 Å². The van der Waals surface area contributed by atoms with Crippen LogP contribution in [0.25, 0.3) is 38.6 Å². The SMILES string of the molecule is c1ccc(C2(c3ccccc3)c3ccccc3-c3ccc4c5ccccc5n(-c5cc6c7c(c5)Oc5ccccc5B7c5ccccc5O6)c4c32)cc1. The monoisotopic (exact) mass is 675 g/mol. The lowest BCUT2D eigenvalue weighted by molar-refractivity contribution is 0.464. The molecule has 246 valence electrons. The average molecular weight is 676 g/mol. The van der Waals surface area contributed by atoms with Crippen molar-refractivity contribution in [3.63, 3.8) is 0 Å². The number of rotatable bonds is 3. The third kappa shape index (κ3) is 3.74. The summed E-state index contributed by atoms with van der Waals surface area (Å²) in [7, 11) is 0. The van der Waals surface area contributed by atoms with Crippen LogP contribution in [0.4, 0.5) is 0 Å². The number of hydrogen-bond acceptors (Lipinski definition) is 2. The molecule has 1 aromatic heterocycles. The Kier molecular flexibility index (Phi) is 5.79. The van der Waals surface area contributed by atoms with Crippen LogP contribution in [0.2, 0.25) is 0 Å². The molecule has 4 heteroatoms. The first-order chi connectivity index (χ1) is 26.3. The lowest BCUT2D eigenvalue weighted by Crippen LogP contribution is -2.57. The minimum Gasteiger partial charge on any atom is -0.458 e. The van der Waals surface area contributed by atoms with Gasteiger partial charge in [-0.2, -0.15) is 0 Å². The van der Waals surface area contributed by atoms with Crippen LogP contribution in [0.3, 0.4) is 0 Å². The van der Waals surface area contributed by atoms with Gasteiger partial charge in [0.05, 0.1) is 22.1 Å². The summed E-state index contributed by atoms with van der Waals surface area (Å²) in [5, 5.41) is 2.42. The summed E-state index contributed by atoms with van der Waals surface area (Å²) in [5.74, 6) is 3.43. The maximum atomic E-state index is 6.83. The maximum absolute atomic E-state index is 6.83. The molecular weight excluding hydrogens is 645 g/mol. The van der Waals surface area contributed by atoms with Crippen molar-refractivity contribution in [3.8, 4) is 39.8 Å². The summed E-state index contributed by atoms with van der Waals surface area (Å²) in [5.41, 5.74) is 13.7. The van der Waals surface area contributed by atoms with E-state index in [1.807, 2.05) is 0 Å². The molecule has 0 atom stereocenters. The molecule has 0 unspecified atom stereocenters. The highest BCUT2D eigenvalue weighted by atomic mass is 16.5. The molecule has 0 saturated carbocycles. The van der Waals surface area contributed by atoms with Gasteiger partial charge in [-0.1, -0.05) is 152 Å². The zero-order valence-corrected chi connectivity index (χ0v) is 28.7. The molecule has 0 bridgehead atoms. The number of ether oxygens (including phenoxy) is 2. The Balaban J connectivity index is 1.23. The number of para-hydroxylation sites is 3. The largest absolute Gasteiger partial charge is 0.458 e. The Morgan fingerprint density at radius 2 is 1.02 bits per heavy atom. The van der Waals surface area contributed by atoms with Gasteiger partial charge < -0.3 is 14.0 Å². The zero-order valence-electron chi connectivity index (χ0n) is 28.7. The molecule has 3 heterocycles. The van der Waals surface area contributed by atoms with E-state index in [0.29, 0.717) is 0 Å². The molecule has 0 radical (unpaired) electrons. The molecule has 0 fully saturated rings. The molecule has 3 aliphatic rings. The van der Waals surface area contributed by atoms with Crippen molar-refractivity contribution in [2.75, 3.05) is 0 Å². The Bertz CT molecular complexity index is 2860. The van der Waals surface area contributed by atoms with Gasteiger partial charge in [-0.3, -0.25) is 0 Å². The Labute approximate surface area is 307 Å². The minimum atomic E-state index is -0.571. The molecule has 0 saturated heterocycles. The van der Waals surface area contributed by atoms with Crippen LogP contribution in [0.1, 0.15) is 22.3 Å². The first kappa shape index (κ1) is 28.9. The second-order valence-corrected chi connectivity index (χ2v) is 14.3. The van der Waals surface area contributed by atoms with Gasteiger partial charge >= 0.3 is 0 Å². The zero-order chi connectivity index (χ0) is 34.7. The van der Waals surface area contributed by atoms with Crippen LogP contribution >= 0.6 is 0 Å². The van der Waals surface area contributed by atoms with Gasteiger partial charge in [-0.25, -0.2) is 0 Å². The van der Waals surface area contributed by atoms with E-state index in [1.165, 1.54) is 49.7 Å². The van der Waals surface area contributed by atoms with Crippen LogP contribution in [-0.4, -0.2) is 11.3 Å². The third-order valence-electron chi connectivity index (χ3n) is 11.8. The summed E-state index contributed by atoms with van der Waals surface area (Å²) >= 11 is 0. The Morgan fingerprint density at radius 3 is 1.70 bits per heavy atom. The molecular formula is C49H30BNO2. The Morgan fingerprint density at radius 1 is 0.453 bits per heavy atom. The van der Waals surface area contributed by atoms with Gasteiger partial charge in [-0.15, -0.1) is 0 Å². The summed E-state index contributed by atoms with van der Waals surface area (Å²) in [4.78, 5) is 0. The van der Waals surface area contributed by atoms with Crippen LogP contribution < -0.4 is 25.9 Å². The molecule has 0 N–H and O–H groups in total. The topological polar surface area (TPSA) is 23.4 Å². The number of fused-ring (bicyclic) bond motifs is 11. The average Bonchev–Trinajstić information content (AvgIpc) is 3.72. The molecule has 9 aromatic rings. The summed E-state index contributed by atoms with van der Waals surface area (Å²) in [6.45, 7) is 0.0182. The highest BCUT2D eigenvalue weighted by Crippen LogP contribution is 2.59. The van der Waals surface area contributed by atoms with Gasteiger partial charge in [0.15, 0.2) is 0 Å². The molecule has 8 aromatic carbocycles. The summed E-state index contributed by atoms with van der Waals surface area (Å²) in [6, 6.07) is 65.9. The van der Waals surface area contributed by atoms with E-state index in [2.05, 4.69) is 187 Å². The minimum absolute atomic E-state index is 0.0182. The standard InChI is InChI=1S/C49H30BNO2/c1-3-15-31(16-4-1)49(32-17-5-2-6-18-32)38-21-9-7-19-34(38)36-27-28-37-35-20-8-12-24-41(35)51(48(37)46(36)49)33-29-44-47-45(30-33)53-43-26-14-11-23-40(43)50(47)39-22-10-13-25-42(39)52-44/h1-30H. The van der Waals surface area contributed by atoms with E-state index in [-0.39, 0.29) is 6.71 Å². The predicted molar refractivity (Wildman–Crippen MR) is 216 cm³/mol. The smallest absolute Gasteiger partial charge is 0.260 e. The van der Waals surface area contributed by atoms with Gasteiger partial charge in [0.1, 0.15) is 23.0 Å². The quantitative estimate of drug-likeness (QED) is 0.174. The fourth-order valence-corrected chi connectivity index (χ4v) is 9.76. The van der Waals surface area contributed by atoms with Crippen molar-refractivity contribution in [2.45, 2.75) is 5.41 Å². The lowest BCUT2D eigenvalue weighted by Gasteiger charge is -2.35. The van der Waals surface area contributed by atoms with E-state index < -0.39 is 5.41 Å². The van der Waals surface area contributed by atoms with Gasteiger partial charge in [0.25, 0.3) is 6.71 Å². The summed E-state index contributed by atoms with van der Waals surface area (Å²) < 4.78 is 16.1. The molecule has 1 aliphatic carbocycles. The second-order valence-electron chi connectivity index (χ2n) is 14.3. The van der Waals surface area contributed by atoms with E-state index in [9.17, 15) is 0 Å². The molecule has 0 amide bonds. The third-order valence-corrected chi connectivity index (χ3v) is 11.8. The van der Waals surface area contributed by atoms with Crippen LogP contribution in [0, 0.1) is 0 Å². The molecule has 3 nitrogen and oxygen atoms in total. The normalized spacial score (nSPS) is 14.1. The van der Waals surface area contributed by atoms with E-state index in [4.69, 9.17) is 9.47 Å². The number of benzene rings is 8. The lowest BCUT2D eigenvalue weighted by atomic mass is 9.35. The first-order valence-corrected chi connectivity index (χ1v) is 18.3. The second kappa shape index (κ2) is 10.6. The van der Waals surface area contributed by atoms with Gasteiger partial charge in [0, 0.05) is 33.9 Å². The van der Waals surface area contributed by atoms with Crippen molar-refractivity contribution in [2.24, 2.45) is 0 Å². The molecule has 0 spiro atoms. The van der Waals surface area contributed by atoms with Gasteiger partial charge in [0.2, 0.25) is 0 Å². The van der Waals surface area contributed by atoms with Crippen molar-refractivity contribution in [3.05, 3.63) is 204 Å². The summed E-state index contributed by atoms with van der Waals surface area (Å²) in [6.07, 6.45) is 0. The number of aromatic nitrogens is 1. The number of hydrogen-bond donors (Lipinski definition) is 0. The van der Waals surface area contributed by atoms with Gasteiger partial charge in [-0.05, 0) is 56.9 Å². The fourth-order valence-electron chi connectivity index (χ4n) is 9.76. The highest BCUT2D eigenvalue weighted by Gasteiger charge is 2.48. The fraction of sp³-hybridized carbons (Fsp3) is 0.0204. The number of nitrogens with zero attached hydrogens (tertiary/aromatic N) is 1. The highest BCUT2D eigenvalue weighted by molar-refractivity contribution is 6.98.